The van der Waals surface area contributed by atoms with Gasteiger partial charge >= 0.3 is 6.03 Å². The van der Waals surface area contributed by atoms with Gasteiger partial charge in [-0.15, -0.1) is 0 Å². The van der Waals surface area contributed by atoms with Crippen molar-refractivity contribution >= 4 is 29.5 Å². The maximum Gasteiger partial charge on any atom is 0.322 e. The molecule has 15 heavy (non-hydrogen) atoms. The number of carbonyl (C=O) groups is 2. The molecule has 0 aromatic rings. The first-order valence-electron chi connectivity index (χ1n) is 4.55. The summed E-state index contributed by atoms with van der Waals surface area (Å²) < 4.78 is 0. The minimum Gasteiger partial charge on any atom is -0.388 e. The molecule has 1 fully saturated rings. The van der Waals surface area contributed by atoms with Crippen LogP contribution in [0.1, 0.15) is 6.92 Å². The van der Waals surface area contributed by atoms with Crippen LogP contribution in [0.4, 0.5) is 4.79 Å². The highest BCUT2D eigenvalue weighted by atomic mass is 32.2. The van der Waals surface area contributed by atoms with Gasteiger partial charge in [0.2, 0.25) is 0 Å². The van der Waals surface area contributed by atoms with E-state index in [-0.39, 0.29) is 5.91 Å². The number of carbonyl (C=O) groups excluding carboxylic acids is 2. The second-order valence-electron chi connectivity index (χ2n) is 3.11. The third-order valence-electron chi connectivity index (χ3n) is 1.74. The first-order valence-corrected chi connectivity index (χ1v) is 5.70. The molecule has 0 radical (unpaired) electrons. The summed E-state index contributed by atoms with van der Waals surface area (Å²) in [4.78, 5) is 25.9. The Bertz CT molecular complexity index is 288. The van der Waals surface area contributed by atoms with Gasteiger partial charge in [-0.25, -0.2) is 4.79 Å². The van der Waals surface area contributed by atoms with Gasteiger partial charge < -0.3 is 11.1 Å². The van der Waals surface area contributed by atoms with Crippen LogP contribution in [0.3, 0.4) is 0 Å². The van der Waals surface area contributed by atoms with E-state index in [0.29, 0.717) is 18.1 Å². The van der Waals surface area contributed by atoms with E-state index in [0.717, 1.165) is 5.75 Å². The molecule has 1 unspecified atom stereocenters. The smallest absolute Gasteiger partial charge is 0.322 e. The fraction of sp³-hybridized carbons (Fsp3) is 0.625. The minimum absolute atomic E-state index is 0.258. The lowest BCUT2D eigenvalue weighted by Crippen LogP contribution is -2.31. The van der Waals surface area contributed by atoms with Crippen molar-refractivity contribution in [2.24, 2.45) is 10.7 Å². The summed E-state index contributed by atoms with van der Waals surface area (Å²) in [7, 11) is 0. The number of nitrogens with two attached hydrogens (primary N) is 1. The van der Waals surface area contributed by atoms with Crippen LogP contribution in [-0.2, 0) is 4.79 Å². The highest BCUT2D eigenvalue weighted by Gasteiger charge is 2.28. The lowest BCUT2D eigenvalue weighted by Gasteiger charge is -2.05. The number of nitrogens with zero attached hydrogens (tertiary/aromatic N) is 1. The fourth-order valence-corrected chi connectivity index (χ4v) is 1.92. The van der Waals surface area contributed by atoms with E-state index in [9.17, 15) is 9.59 Å². The summed E-state index contributed by atoms with van der Waals surface area (Å²) in [5.74, 6) is 1.65. The van der Waals surface area contributed by atoms with Crippen LogP contribution in [0.25, 0.3) is 0 Å². The van der Waals surface area contributed by atoms with E-state index in [1.54, 1.807) is 18.7 Å². The number of imide groups is 1. The van der Waals surface area contributed by atoms with E-state index in [2.05, 4.69) is 15.6 Å². The second-order valence-corrected chi connectivity index (χ2v) is 4.26. The fourth-order valence-electron chi connectivity index (χ4n) is 1.06. The Kier molecular flexibility index (Phi) is 4.41. The molecule has 0 spiro atoms. The molecule has 84 valence electrons. The standard InChI is InChI=1S/C8H14N4O2S/c1-5(9)10-2-3-15-4-6-7(13)12-8(14)11-6/h6H,2-4H2,1H3,(H2,9,10)(H2,11,12,13,14). The number of thioether (sulfide) groups is 1. The second kappa shape index (κ2) is 5.59. The predicted molar refractivity (Wildman–Crippen MR) is 60.0 cm³/mol. The number of aliphatic imine (C=N–C) groups is 1. The molecule has 0 aliphatic carbocycles. The highest BCUT2D eigenvalue weighted by molar-refractivity contribution is 7.99. The first kappa shape index (κ1) is 11.8. The van der Waals surface area contributed by atoms with Gasteiger partial charge in [-0.05, 0) is 6.92 Å². The van der Waals surface area contributed by atoms with E-state index in [1.807, 2.05) is 0 Å². The van der Waals surface area contributed by atoms with Crippen LogP contribution in [0.2, 0.25) is 0 Å². The Hall–Kier alpha value is -1.24. The van der Waals surface area contributed by atoms with Crippen molar-refractivity contribution in [3.63, 3.8) is 0 Å². The predicted octanol–water partition coefficient (Wildman–Crippen LogP) is -0.695. The number of amidine groups is 1. The molecule has 7 heteroatoms. The zero-order chi connectivity index (χ0) is 11.3. The lowest BCUT2D eigenvalue weighted by atomic mass is 10.3. The van der Waals surface area contributed by atoms with Crippen molar-refractivity contribution < 1.29 is 9.59 Å². The molecule has 1 atom stereocenters. The van der Waals surface area contributed by atoms with Gasteiger partial charge in [0.05, 0.1) is 5.84 Å². The summed E-state index contributed by atoms with van der Waals surface area (Å²) >= 11 is 1.56. The average molecular weight is 230 g/mol. The Balaban J connectivity index is 2.13. The summed E-state index contributed by atoms with van der Waals surface area (Å²) in [6.45, 7) is 2.37. The van der Waals surface area contributed by atoms with E-state index in [4.69, 9.17) is 5.73 Å². The molecule has 1 heterocycles. The monoisotopic (exact) mass is 230 g/mol. The van der Waals surface area contributed by atoms with Crippen LogP contribution >= 0.6 is 11.8 Å². The average Bonchev–Trinajstić information content (AvgIpc) is 2.44. The van der Waals surface area contributed by atoms with Crippen LogP contribution in [-0.4, -0.2) is 41.9 Å². The lowest BCUT2D eigenvalue weighted by molar-refractivity contribution is -0.119. The van der Waals surface area contributed by atoms with Gasteiger partial charge in [-0.3, -0.25) is 15.1 Å². The van der Waals surface area contributed by atoms with Crippen molar-refractivity contribution in [2.75, 3.05) is 18.1 Å². The molecule has 3 amide bonds. The van der Waals surface area contributed by atoms with Gasteiger partial charge in [0.15, 0.2) is 0 Å². The zero-order valence-electron chi connectivity index (χ0n) is 8.45. The molecular formula is C8H14N4O2S. The number of hydrogen-bond acceptors (Lipinski definition) is 4. The molecule has 0 aromatic carbocycles. The molecule has 1 aliphatic rings. The SMILES string of the molecule is CC(N)=NCCSCC1NC(=O)NC1=O. The van der Waals surface area contributed by atoms with Gasteiger partial charge in [-0.2, -0.15) is 11.8 Å². The van der Waals surface area contributed by atoms with Gasteiger partial charge in [0.25, 0.3) is 5.91 Å². The summed E-state index contributed by atoms with van der Waals surface area (Å²) in [6, 6.07) is -0.827. The Morgan fingerprint density at radius 3 is 2.87 bits per heavy atom. The zero-order valence-corrected chi connectivity index (χ0v) is 9.26. The molecule has 1 rings (SSSR count). The number of urea groups is 1. The maximum absolute atomic E-state index is 11.1. The molecular weight excluding hydrogens is 216 g/mol. The molecule has 0 aromatic heterocycles. The third-order valence-corrected chi connectivity index (χ3v) is 2.78. The molecule has 1 saturated heterocycles. The highest BCUT2D eigenvalue weighted by Crippen LogP contribution is 2.05. The number of hydrogen-bond donors (Lipinski definition) is 3. The van der Waals surface area contributed by atoms with E-state index in [1.165, 1.54) is 0 Å². The van der Waals surface area contributed by atoms with Crippen molar-refractivity contribution in [2.45, 2.75) is 13.0 Å². The summed E-state index contributed by atoms with van der Waals surface area (Å²) in [5.41, 5.74) is 5.36. The summed E-state index contributed by atoms with van der Waals surface area (Å²) in [6.07, 6.45) is 0. The molecule has 6 nitrogen and oxygen atoms in total. The largest absolute Gasteiger partial charge is 0.388 e. The first-order chi connectivity index (χ1) is 7.09. The van der Waals surface area contributed by atoms with Crippen LogP contribution < -0.4 is 16.4 Å². The Morgan fingerprint density at radius 1 is 1.60 bits per heavy atom. The topological polar surface area (TPSA) is 96.6 Å². The molecule has 0 saturated carbocycles. The number of rotatable bonds is 5. The normalized spacial score (nSPS) is 21.4. The van der Waals surface area contributed by atoms with Crippen molar-refractivity contribution in [3.8, 4) is 0 Å². The van der Waals surface area contributed by atoms with Gasteiger partial charge in [0.1, 0.15) is 6.04 Å². The van der Waals surface area contributed by atoms with Crippen molar-refractivity contribution in [1.29, 1.82) is 0 Å². The van der Waals surface area contributed by atoms with E-state index < -0.39 is 12.1 Å². The Morgan fingerprint density at radius 2 is 2.33 bits per heavy atom. The third kappa shape index (κ3) is 4.20. The van der Waals surface area contributed by atoms with Crippen molar-refractivity contribution in [3.05, 3.63) is 0 Å². The van der Waals surface area contributed by atoms with Crippen LogP contribution in [0.5, 0.6) is 0 Å². The minimum atomic E-state index is -0.415. The van der Waals surface area contributed by atoms with E-state index >= 15 is 0 Å². The quantitative estimate of drug-likeness (QED) is 0.252. The summed E-state index contributed by atoms with van der Waals surface area (Å²) in [5, 5.41) is 4.70. The molecule has 1 aliphatic heterocycles. The van der Waals surface area contributed by atoms with Gasteiger partial charge in [-0.1, -0.05) is 0 Å². The number of nitrogens with one attached hydrogen (secondary N) is 2. The van der Waals surface area contributed by atoms with Gasteiger partial charge in [0, 0.05) is 18.1 Å². The molecule has 0 bridgehead atoms. The van der Waals surface area contributed by atoms with Crippen LogP contribution in [0, 0.1) is 0 Å². The molecule has 4 N–H and O–H groups in total. The maximum atomic E-state index is 11.1. The van der Waals surface area contributed by atoms with Crippen molar-refractivity contribution in [1.82, 2.24) is 10.6 Å². The number of amides is 3. The van der Waals surface area contributed by atoms with Crippen LogP contribution in [0.15, 0.2) is 4.99 Å². The Labute approximate surface area is 92.1 Å².